The summed E-state index contributed by atoms with van der Waals surface area (Å²) in [5.41, 5.74) is -1.21. The lowest BCUT2D eigenvalue weighted by atomic mass is 10.1. The molecule has 26 heavy (non-hydrogen) atoms. The van der Waals surface area contributed by atoms with E-state index in [0.29, 0.717) is 19.2 Å². The summed E-state index contributed by atoms with van der Waals surface area (Å²) in [7, 11) is 0. The van der Waals surface area contributed by atoms with Crippen molar-refractivity contribution in [3.63, 3.8) is 0 Å². The fourth-order valence-electron chi connectivity index (χ4n) is 1.95. The molecule has 10 heteroatoms. The van der Waals surface area contributed by atoms with Crippen molar-refractivity contribution in [3.05, 3.63) is 35.1 Å². The van der Waals surface area contributed by atoms with Crippen LogP contribution in [0.4, 0.5) is 17.6 Å². The van der Waals surface area contributed by atoms with Gasteiger partial charge in [0.15, 0.2) is 5.96 Å². The monoisotopic (exact) mass is 490 g/mol. The normalized spacial score (nSPS) is 11.5. The van der Waals surface area contributed by atoms with Crippen molar-refractivity contribution >= 4 is 35.8 Å². The van der Waals surface area contributed by atoms with Gasteiger partial charge >= 0.3 is 6.18 Å². The molecule has 0 saturated carbocycles. The van der Waals surface area contributed by atoms with Crippen molar-refractivity contribution in [3.8, 4) is 0 Å². The largest absolute Gasteiger partial charge is 0.416 e. The number of nitrogens with zero attached hydrogens (tertiary/aromatic N) is 1. The molecule has 148 valence electrons. The number of alkyl halides is 3. The van der Waals surface area contributed by atoms with Gasteiger partial charge < -0.3 is 16.0 Å². The molecule has 0 atom stereocenters. The third-order valence-corrected chi connectivity index (χ3v) is 3.12. The van der Waals surface area contributed by atoms with Crippen molar-refractivity contribution < 1.29 is 22.4 Å². The quantitative estimate of drug-likeness (QED) is 0.238. The second-order valence-corrected chi connectivity index (χ2v) is 5.20. The fourth-order valence-corrected chi connectivity index (χ4v) is 1.95. The number of hydrogen-bond donors (Lipinski definition) is 3. The van der Waals surface area contributed by atoms with Gasteiger partial charge in [-0.2, -0.15) is 13.2 Å². The summed E-state index contributed by atoms with van der Waals surface area (Å²) in [6.07, 6.45) is -3.87. The minimum atomic E-state index is -4.67. The van der Waals surface area contributed by atoms with Crippen LogP contribution < -0.4 is 16.0 Å². The van der Waals surface area contributed by atoms with Crippen molar-refractivity contribution in [1.29, 1.82) is 0 Å². The van der Waals surface area contributed by atoms with Gasteiger partial charge in [-0.25, -0.2) is 9.38 Å². The summed E-state index contributed by atoms with van der Waals surface area (Å²) in [4.78, 5) is 15.6. The maximum Gasteiger partial charge on any atom is 0.416 e. The van der Waals surface area contributed by atoms with Crippen molar-refractivity contribution in [2.24, 2.45) is 4.99 Å². The number of carbonyl (C=O) groups is 1. The van der Waals surface area contributed by atoms with E-state index in [4.69, 9.17) is 0 Å². The first-order chi connectivity index (χ1) is 11.8. The molecule has 1 rings (SSSR count). The summed E-state index contributed by atoms with van der Waals surface area (Å²) < 4.78 is 52.0. The van der Waals surface area contributed by atoms with Crippen LogP contribution in [0.15, 0.2) is 23.2 Å². The Labute approximate surface area is 167 Å². The highest BCUT2D eigenvalue weighted by atomic mass is 127. The minimum Gasteiger partial charge on any atom is -0.357 e. The Morgan fingerprint density at radius 1 is 1.15 bits per heavy atom. The van der Waals surface area contributed by atoms with Crippen LogP contribution in [0, 0.1) is 5.82 Å². The summed E-state index contributed by atoms with van der Waals surface area (Å²) in [6.45, 7) is 4.35. The Morgan fingerprint density at radius 2 is 1.85 bits per heavy atom. The third-order valence-electron chi connectivity index (χ3n) is 3.12. The number of aliphatic imine (C=N–C) groups is 1. The average Bonchev–Trinajstić information content (AvgIpc) is 2.55. The van der Waals surface area contributed by atoms with E-state index in [0.717, 1.165) is 18.6 Å². The van der Waals surface area contributed by atoms with Crippen LogP contribution in [0.2, 0.25) is 0 Å². The second kappa shape index (κ2) is 11.9. The van der Waals surface area contributed by atoms with E-state index in [-0.39, 0.29) is 54.5 Å². The third kappa shape index (κ3) is 8.68. The smallest absolute Gasteiger partial charge is 0.357 e. The predicted molar refractivity (Wildman–Crippen MR) is 103 cm³/mol. The molecule has 0 aliphatic rings. The van der Waals surface area contributed by atoms with Crippen LogP contribution >= 0.6 is 24.0 Å². The van der Waals surface area contributed by atoms with Crippen molar-refractivity contribution in [1.82, 2.24) is 16.0 Å². The molecule has 0 saturated heterocycles. The fraction of sp³-hybridized carbons (Fsp3) is 0.500. The molecular formula is C16H23F4IN4O. The SMILES string of the molecule is CCCNC(=O)CNC(=NCc1ccc(F)cc1C(F)(F)F)NCC.I. The zero-order valence-electron chi connectivity index (χ0n) is 14.5. The lowest BCUT2D eigenvalue weighted by molar-refractivity contribution is -0.138. The van der Waals surface area contributed by atoms with Gasteiger partial charge in [0.2, 0.25) is 5.91 Å². The Balaban J connectivity index is 0.00000625. The van der Waals surface area contributed by atoms with Gasteiger partial charge in [-0.15, -0.1) is 24.0 Å². The zero-order valence-corrected chi connectivity index (χ0v) is 16.9. The van der Waals surface area contributed by atoms with Crippen LogP contribution in [-0.2, 0) is 17.5 Å². The van der Waals surface area contributed by atoms with Gasteiger partial charge in [-0.1, -0.05) is 13.0 Å². The molecule has 0 aliphatic carbocycles. The molecule has 0 heterocycles. The van der Waals surface area contributed by atoms with Crippen LogP contribution in [-0.4, -0.2) is 31.5 Å². The molecule has 1 aromatic carbocycles. The molecule has 1 amide bonds. The van der Waals surface area contributed by atoms with Gasteiger partial charge in [-0.05, 0) is 31.0 Å². The lowest BCUT2D eigenvalue weighted by Crippen LogP contribution is -2.43. The average molecular weight is 490 g/mol. The number of carbonyl (C=O) groups excluding carboxylic acids is 1. The van der Waals surface area contributed by atoms with E-state index in [1.807, 2.05) is 6.92 Å². The summed E-state index contributed by atoms with van der Waals surface area (Å²) in [6, 6.07) is 2.46. The van der Waals surface area contributed by atoms with Crippen molar-refractivity contribution in [2.75, 3.05) is 19.6 Å². The Morgan fingerprint density at radius 3 is 2.42 bits per heavy atom. The van der Waals surface area contributed by atoms with E-state index < -0.39 is 17.6 Å². The van der Waals surface area contributed by atoms with E-state index in [1.165, 1.54) is 0 Å². The van der Waals surface area contributed by atoms with Crippen LogP contribution in [0.1, 0.15) is 31.4 Å². The molecule has 0 aromatic heterocycles. The van der Waals surface area contributed by atoms with Crippen LogP contribution in [0.5, 0.6) is 0 Å². The molecular weight excluding hydrogens is 467 g/mol. The number of halogens is 5. The molecule has 5 nitrogen and oxygen atoms in total. The predicted octanol–water partition coefficient (Wildman–Crippen LogP) is 3.04. The maximum absolute atomic E-state index is 13.1. The molecule has 0 aliphatic heterocycles. The van der Waals surface area contributed by atoms with Gasteiger partial charge in [-0.3, -0.25) is 4.79 Å². The Hall–Kier alpha value is -1.59. The second-order valence-electron chi connectivity index (χ2n) is 5.20. The first-order valence-corrected chi connectivity index (χ1v) is 7.92. The summed E-state index contributed by atoms with van der Waals surface area (Å²) in [5, 5.41) is 8.24. The van der Waals surface area contributed by atoms with Gasteiger partial charge in [0, 0.05) is 13.1 Å². The topological polar surface area (TPSA) is 65.5 Å². The van der Waals surface area contributed by atoms with Gasteiger partial charge in [0.05, 0.1) is 18.7 Å². The van der Waals surface area contributed by atoms with Crippen LogP contribution in [0.25, 0.3) is 0 Å². The summed E-state index contributed by atoms with van der Waals surface area (Å²) >= 11 is 0. The van der Waals surface area contributed by atoms with Crippen LogP contribution in [0.3, 0.4) is 0 Å². The molecule has 0 radical (unpaired) electrons. The Kier molecular flexibility index (Phi) is 11.2. The van der Waals surface area contributed by atoms with E-state index in [1.54, 1.807) is 6.92 Å². The minimum absolute atomic E-state index is 0. The molecule has 0 unspecified atom stereocenters. The molecule has 0 spiro atoms. The standard InChI is InChI=1S/C16H22F4N4O.HI/c1-3-7-22-14(25)10-24-15(21-4-2)23-9-11-5-6-12(17)8-13(11)16(18,19)20;/h5-6,8H,3-4,7,9-10H2,1-2H3,(H,22,25)(H2,21,23,24);1H. The number of hydrogen-bond acceptors (Lipinski definition) is 2. The first kappa shape index (κ1) is 24.4. The Bertz CT molecular complexity index is 608. The number of amides is 1. The first-order valence-electron chi connectivity index (χ1n) is 7.92. The zero-order chi connectivity index (χ0) is 18.9. The molecule has 3 N–H and O–H groups in total. The number of rotatable bonds is 7. The molecule has 0 fully saturated rings. The number of benzene rings is 1. The summed E-state index contributed by atoms with van der Waals surface area (Å²) in [5.74, 6) is -1.01. The molecule has 0 bridgehead atoms. The highest BCUT2D eigenvalue weighted by molar-refractivity contribution is 14.0. The van der Waals surface area contributed by atoms with Gasteiger partial charge in [0.25, 0.3) is 0 Å². The number of nitrogens with one attached hydrogen (secondary N) is 3. The lowest BCUT2D eigenvalue weighted by Gasteiger charge is -2.14. The van der Waals surface area contributed by atoms with Crippen molar-refractivity contribution in [2.45, 2.75) is 33.0 Å². The van der Waals surface area contributed by atoms with E-state index >= 15 is 0 Å². The maximum atomic E-state index is 13.1. The molecule has 1 aromatic rings. The highest BCUT2D eigenvalue weighted by Crippen LogP contribution is 2.32. The van der Waals surface area contributed by atoms with E-state index in [2.05, 4.69) is 20.9 Å². The highest BCUT2D eigenvalue weighted by Gasteiger charge is 2.33. The van der Waals surface area contributed by atoms with E-state index in [9.17, 15) is 22.4 Å². The number of guanidine groups is 1. The van der Waals surface area contributed by atoms with Gasteiger partial charge in [0.1, 0.15) is 5.82 Å².